The molecule has 0 saturated heterocycles. The Morgan fingerprint density at radius 1 is 0.649 bits per heavy atom. The summed E-state index contributed by atoms with van der Waals surface area (Å²) in [6, 6.07) is 27.4. The number of thiazole rings is 1. The number of imidazole rings is 2. The minimum absolute atomic E-state index is 0.925. The molecule has 37 heavy (non-hydrogen) atoms. The van der Waals surface area contributed by atoms with Gasteiger partial charge in [0.1, 0.15) is 0 Å². The minimum Gasteiger partial charge on any atom is -0.306 e. The van der Waals surface area contributed by atoms with E-state index in [0.717, 1.165) is 50.5 Å². The highest BCUT2D eigenvalue weighted by Crippen LogP contribution is 2.40. The van der Waals surface area contributed by atoms with Crippen LogP contribution in [0.3, 0.4) is 0 Å². The maximum Gasteiger partial charge on any atom is 0.195 e. The van der Waals surface area contributed by atoms with Crippen LogP contribution < -0.4 is 4.90 Å². The fraction of sp³-hybridized carbons (Fsp3) is 0.100. The average molecular weight is 503 g/mol. The molecule has 0 bridgehead atoms. The van der Waals surface area contributed by atoms with E-state index < -0.39 is 0 Å². The van der Waals surface area contributed by atoms with Gasteiger partial charge < -0.3 is 9.13 Å². The van der Waals surface area contributed by atoms with Crippen molar-refractivity contribution in [3.05, 3.63) is 120 Å². The van der Waals surface area contributed by atoms with Crippen molar-refractivity contribution in [2.75, 3.05) is 4.90 Å². The van der Waals surface area contributed by atoms with E-state index in [1.54, 1.807) is 11.3 Å². The van der Waals surface area contributed by atoms with E-state index in [2.05, 4.69) is 94.6 Å². The van der Waals surface area contributed by atoms with Gasteiger partial charge in [0, 0.05) is 45.6 Å². The molecular formula is C30H26N6S. The molecule has 6 rings (SSSR count). The SMILES string of the molecule is Cc1cn(-c2ccc(N(c3ccc(-n4cnc(C)c4)cc3)c3nc(-c4ccccc4)c(C)s3)cc2)cn1. The third kappa shape index (κ3) is 4.57. The zero-order valence-corrected chi connectivity index (χ0v) is 21.7. The van der Waals surface area contributed by atoms with Crippen molar-refractivity contribution in [3.8, 4) is 22.6 Å². The molecule has 0 aliphatic carbocycles. The van der Waals surface area contributed by atoms with Gasteiger partial charge in [0.25, 0.3) is 0 Å². The van der Waals surface area contributed by atoms with Crippen molar-refractivity contribution in [2.24, 2.45) is 0 Å². The average Bonchev–Trinajstić information content (AvgIpc) is 3.66. The topological polar surface area (TPSA) is 51.8 Å². The largest absolute Gasteiger partial charge is 0.306 e. The van der Waals surface area contributed by atoms with Crippen LogP contribution >= 0.6 is 11.3 Å². The summed E-state index contributed by atoms with van der Waals surface area (Å²) in [4.78, 5) is 17.2. The summed E-state index contributed by atoms with van der Waals surface area (Å²) in [6.45, 7) is 6.13. The van der Waals surface area contributed by atoms with Gasteiger partial charge in [-0.15, -0.1) is 11.3 Å². The molecule has 3 aromatic carbocycles. The van der Waals surface area contributed by atoms with Crippen LogP contribution in [0.4, 0.5) is 16.5 Å². The molecule has 182 valence electrons. The Kier molecular flexibility index (Phi) is 5.90. The number of nitrogens with zero attached hydrogens (tertiary/aromatic N) is 6. The number of hydrogen-bond acceptors (Lipinski definition) is 5. The third-order valence-electron chi connectivity index (χ3n) is 6.26. The maximum absolute atomic E-state index is 5.12. The van der Waals surface area contributed by atoms with Crippen molar-refractivity contribution in [3.63, 3.8) is 0 Å². The lowest BCUT2D eigenvalue weighted by atomic mass is 10.1. The van der Waals surface area contributed by atoms with E-state index in [-0.39, 0.29) is 0 Å². The second-order valence-corrected chi connectivity index (χ2v) is 10.2. The van der Waals surface area contributed by atoms with Gasteiger partial charge in [-0.2, -0.15) is 0 Å². The van der Waals surface area contributed by atoms with Crippen molar-refractivity contribution in [1.29, 1.82) is 0 Å². The van der Waals surface area contributed by atoms with E-state index in [0.29, 0.717) is 0 Å². The third-order valence-corrected chi connectivity index (χ3v) is 7.22. The molecule has 6 nitrogen and oxygen atoms in total. The summed E-state index contributed by atoms with van der Waals surface area (Å²) in [5.41, 5.74) is 8.34. The quantitative estimate of drug-likeness (QED) is 0.236. The number of aryl methyl sites for hydroxylation is 3. The van der Waals surface area contributed by atoms with E-state index in [1.165, 1.54) is 4.88 Å². The summed E-state index contributed by atoms with van der Waals surface area (Å²) < 4.78 is 4.07. The van der Waals surface area contributed by atoms with Crippen LogP contribution in [0.15, 0.2) is 104 Å². The van der Waals surface area contributed by atoms with Gasteiger partial charge in [-0.1, -0.05) is 30.3 Å². The second kappa shape index (κ2) is 9.52. The Morgan fingerprint density at radius 2 is 1.16 bits per heavy atom. The predicted octanol–water partition coefficient (Wildman–Crippen LogP) is 7.58. The summed E-state index contributed by atoms with van der Waals surface area (Å²) in [6.07, 6.45) is 7.74. The second-order valence-electron chi connectivity index (χ2n) is 8.98. The Labute approximate surface area is 220 Å². The van der Waals surface area contributed by atoms with Crippen LogP contribution in [0.2, 0.25) is 0 Å². The van der Waals surface area contributed by atoms with E-state index >= 15 is 0 Å². The van der Waals surface area contributed by atoms with Gasteiger partial charge in [-0.25, -0.2) is 15.0 Å². The summed E-state index contributed by atoms with van der Waals surface area (Å²) in [5, 5.41) is 0.925. The summed E-state index contributed by atoms with van der Waals surface area (Å²) in [7, 11) is 0. The Morgan fingerprint density at radius 3 is 1.62 bits per heavy atom. The first-order valence-corrected chi connectivity index (χ1v) is 12.9. The first-order valence-electron chi connectivity index (χ1n) is 12.1. The molecule has 0 fully saturated rings. The Bertz CT molecular complexity index is 1560. The Hall–Kier alpha value is -4.49. The van der Waals surface area contributed by atoms with Crippen LogP contribution in [0.5, 0.6) is 0 Å². The highest BCUT2D eigenvalue weighted by atomic mass is 32.1. The molecule has 3 aromatic heterocycles. The number of hydrogen-bond donors (Lipinski definition) is 0. The smallest absolute Gasteiger partial charge is 0.195 e. The number of anilines is 3. The lowest BCUT2D eigenvalue weighted by molar-refractivity contribution is 1.05. The standard InChI is InChI=1S/C30H26N6S/c1-21-17-34(19-31-21)25-9-13-27(14-10-25)36(28-15-11-26(12-16-28)35-18-22(2)32-20-35)30-33-29(23(3)37-30)24-7-5-4-6-8-24/h4-20H,1-3H3. The summed E-state index contributed by atoms with van der Waals surface area (Å²) >= 11 is 1.70. The van der Waals surface area contributed by atoms with Crippen LogP contribution in [-0.4, -0.2) is 24.1 Å². The highest BCUT2D eigenvalue weighted by Gasteiger charge is 2.19. The molecule has 0 unspecified atom stereocenters. The lowest BCUT2D eigenvalue weighted by Gasteiger charge is -2.23. The molecule has 0 radical (unpaired) electrons. The summed E-state index contributed by atoms with van der Waals surface area (Å²) in [5.74, 6) is 0. The molecule has 0 N–H and O–H groups in total. The van der Waals surface area contributed by atoms with Crippen LogP contribution in [0.1, 0.15) is 16.3 Å². The molecule has 6 aromatic rings. The fourth-order valence-electron chi connectivity index (χ4n) is 4.38. The molecular weight excluding hydrogens is 476 g/mol. The fourth-order valence-corrected chi connectivity index (χ4v) is 5.36. The molecule has 0 atom stereocenters. The van der Waals surface area contributed by atoms with Gasteiger partial charge in [-0.05, 0) is 69.3 Å². The van der Waals surface area contributed by atoms with Gasteiger partial charge >= 0.3 is 0 Å². The molecule has 0 amide bonds. The molecule has 0 spiro atoms. The Balaban J connectivity index is 1.42. The first-order chi connectivity index (χ1) is 18.0. The molecule has 0 aliphatic heterocycles. The van der Waals surface area contributed by atoms with E-state index in [4.69, 9.17) is 4.98 Å². The molecule has 0 aliphatic rings. The zero-order valence-electron chi connectivity index (χ0n) is 20.9. The van der Waals surface area contributed by atoms with Crippen molar-refractivity contribution in [2.45, 2.75) is 20.8 Å². The van der Waals surface area contributed by atoms with Crippen LogP contribution in [0.25, 0.3) is 22.6 Å². The van der Waals surface area contributed by atoms with Gasteiger partial charge in [0.2, 0.25) is 0 Å². The van der Waals surface area contributed by atoms with E-state index in [1.807, 2.05) is 54.1 Å². The zero-order chi connectivity index (χ0) is 25.4. The lowest BCUT2D eigenvalue weighted by Crippen LogP contribution is -2.10. The van der Waals surface area contributed by atoms with Gasteiger partial charge in [0.05, 0.1) is 29.7 Å². The van der Waals surface area contributed by atoms with Crippen molar-refractivity contribution >= 4 is 27.8 Å². The van der Waals surface area contributed by atoms with Crippen LogP contribution in [-0.2, 0) is 0 Å². The highest BCUT2D eigenvalue weighted by molar-refractivity contribution is 7.16. The number of aromatic nitrogens is 5. The van der Waals surface area contributed by atoms with Gasteiger partial charge in [-0.3, -0.25) is 4.90 Å². The monoisotopic (exact) mass is 502 g/mol. The van der Waals surface area contributed by atoms with Crippen molar-refractivity contribution < 1.29 is 0 Å². The van der Waals surface area contributed by atoms with Crippen molar-refractivity contribution in [1.82, 2.24) is 24.1 Å². The number of rotatable bonds is 6. The first kappa shape index (κ1) is 22.9. The predicted molar refractivity (Wildman–Crippen MR) is 151 cm³/mol. The molecule has 7 heteroatoms. The minimum atomic E-state index is 0.925. The maximum atomic E-state index is 5.12. The van der Waals surface area contributed by atoms with E-state index in [9.17, 15) is 0 Å². The number of benzene rings is 3. The molecule has 0 saturated carbocycles. The van der Waals surface area contributed by atoms with Crippen LogP contribution in [0, 0.1) is 20.8 Å². The molecule has 3 heterocycles. The van der Waals surface area contributed by atoms with Gasteiger partial charge in [0.15, 0.2) is 5.13 Å². The normalized spacial score (nSPS) is 11.1.